The van der Waals surface area contributed by atoms with Crippen molar-refractivity contribution in [3.63, 3.8) is 0 Å². The minimum absolute atomic E-state index is 0. The van der Waals surface area contributed by atoms with Gasteiger partial charge in [0.15, 0.2) is 19.1 Å². The fourth-order valence-electron chi connectivity index (χ4n) is 10.6. The van der Waals surface area contributed by atoms with Gasteiger partial charge in [0.25, 0.3) is 6.33 Å². The predicted molar refractivity (Wildman–Crippen MR) is 323 cm³/mol. The largest absolute Gasteiger partial charge is 0.509 e. The smallest absolute Gasteiger partial charge is 0.253 e. The zero-order valence-electron chi connectivity index (χ0n) is 69.9. The molecule has 14 rings (SSSR count). The van der Waals surface area contributed by atoms with E-state index in [2.05, 4.69) is 17.1 Å². The van der Waals surface area contributed by atoms with E-state index in [1.807, 2.05) is 32.9 Å². The summed E-state index contributed by atoms with van der Waals surface area (Å²) in [5.41, 5.74) is -1.05. The van der Waals surface area contributed by atoms with E-state index < -0.39 is 209 Å². The topological polar surface area (TPSA) is 35.9 Å². The van der Waals surface area contributed by atoms with Crippen molar-refractivity contribution in [1.29, 1.82) is 0 Å². The van der Waals surface area contributed by atoms with Crippen molar-refractivity contribution >= 4 is 61.7 Å². The average molecular weight is 1240 g/mol. The molecule has 0 atom stereocenters. The Bertz CT molecular complexity index is 5830. The number of ether oxygens (including phenoxy) is 1. The minimum atomic E-state index is -6.41. The summed E-state index contributed by atoms with van der Waals surface area (Å²) in [6.45, 7) is -0.0655. The molecule has 0 N–H and O–H groups in total. The number of aromatic nitrogens is 4. The van der Waals surface area contributed by atoms with Crippen molar-refractivity contribution in [3.05, 3.63) is 271 Å². The molecular formula is C72H55N4OPtSi-. The molecule has 384 valence electrons. The van der Waals surface area contributed by atoms with Gasteiger partial charge >= 0.3 is 0 Å². The fraction of sp³-hybridized carbons (Fsp3) is 0.0833. The molecule has 0 bridgehead atoms. The molecule has 7 heteroatoms. The molecule has 13 aromatic rings. The van der Waals surface area contributed by atoms with Crippen molar-refractivity contribution in [2.45, 2.75) is 39.9 Å². The number of rotatable bonds is 8. The Balaban J connectivity index is 0.0000101. The Hall–Kier alpha value is -8.67. The van der Waals surface area contributed by atoms with E-state index in [1.54, 1.807) is 92.8 Å². The second-order valence-electron chi connectivity index (χ2n) is 19.5. The molecule has 0 unspecified atom stereocenters. The minimum Gasteiger partial charge on any atom is -0.509 e. The molecule has 3 aromatic heterocycles. The quantitative estimate of drug-likeness (QED) is 0.0658. The Kier molecular flexibility index (Phi) is 6.91. The molecule has 0 fully saturated rings. The summed E-state index contributed by atoms with van der Waals surface area (Å²) >= 11 is 0. The normalized spacial score (nSPS) is 17.4. The van der Waals surface area contributed by atoms with E-state index >= 15 is 0 Å². The summed E-state index contributed by atoms with van der Waals surface area (Å²) in [4.78, 5) is 4.49. The number of nitrogens with zero attached hydrogens (tertiary/aromatic N) is 4. The van der Waals surface area contributed by atoms with Gasteiger partial charge in [0.1, 0.15) is 11.5 Å². The van der Waals surface area contributed by atoms with Crippen molar-refractivity contribution < 1.29 is 68.8 Å². The molecule has 0 amide bonds. The number of hydrogen-bond acceptors (Lipinski definition) is 2. The first kappa shape index (κ1) is 27.8. The van der Waals surface area contributed by atoms with E-state index in [9.17, 15) is 26.0 Å². The molecule has 1 aliphatic rings. The average Bonchev–Trinajstić information content (AvgIpc) is 1.20. The number of hydrogen-bond donors (Lipinski definition) is 0. The predicted octanol–water partition coefficient (Wildman–Crippen LogP) is 14.4. The molecule has 0 saturated heterocycles. The number of benzene rings is 10. The van der Waals surface area contributed by atoms with Gasteiger partial charge in [-0.25, -0.2) is 9.55 Å². The van der Waals surface area contributed by atoms with Crippen LogP contribution in [0.25, 0.3) is 83.4 Å². The maximum absolute atomic E-state index is 11.2. The first-order valence-electron chi connectivity index (χ1n) is 38.6. The molecule has 79 heavy (non-hydrogen) atoms. The number of pyridine rings is 1. The van der Waals surface area contributed by atoms with Gasteiger partial charge in [-0.2, -0.15) is 16.7 Å². The van der Waals surface area contributed by atoms with Crippen molar-refractivity contribution in [1.82, 2.24) is 14.1 Å². The van der Waals surface area contributed by atoms with Crippen LogP contribution in [-0.4, -0.2) is 22.2 Å². The molecule has 1 aliphatic heterocycles. The summed E-state index contributed by atoms with van der Waals surface area (Å²) in [6, 6.07) is 10.2. The molecule has 0 saturated carbocycles. The molecule has 0 aliphatic carbocycles. The van der Waals surface area contributed by atoms with Gasteiger partial charge in [-0.1, -0.05) is 208 Å². The van der Waals surface area contributed by atoms with Crippen LogP contribution in [-0.2, 0) is 26.5 Å². The Morgan fingerprint density at radius 1 is 0.557 bits per heavy atom. The third kappa shape index (κ3) is 8.15. The van der Waals surface area contributed by atoms with Crippen LogP contribution >= 0.6 is 0 Å². The van der Waals surface area contributed by atoms with E-state index in [0.717, 1.165) is 11.6 Å². The number of imidazole rings is 1. The number of para-hydroxylation sites is 3. The van der Waals surface area contributed by atoms with Crippen molar-refractivity contribution in [2.24, 2.45) is 0 Å². The van der Waals surface area contributed by atoms with Crippen LogP contribution < -0.4 is 30.1 Å². The van der Waals surface area contributed by atoms with Gasteiger partial charge in [0.05, 0.1) is 30.2 Å². The van der Waals surface area contributed by atoms with Crippen LogP contribution in [0, 0.1) is 25.8 Å². The van der Waals surface area contributed by atoms with E-state index in [1.165, 1.54) is 12.1 Å². The zero-order chi connectivity index (χ0) is 76.8. The monoisotopic (exact) mass is 1240 g/mol. The van der Waals surface area contributed by atoms with Crippen LogP contribution in [0.2, 0.25) is 0 Å². The van der Waals surface area contributed by atoms with Crippen LogP contribution in [0.15, 0.2) is 243 Å². The third-order valence-electron chi connectivity index (χ3n) is 14.0. The molecule has 0 radical (unpaired) electrons. The van der Waals surface area contributed by atoms with Gasteiger partial charge in [-0.05, 0) is 103 Å². The molecule has 4 heterocycles. The summed E-state index contributed by atoms with van der Waals surface area (Å²) < 4.78 is 273. The van der Waals surface area contributed by atoms with Gasteiger partial charge in [-0.3, -0.25) is 0 Å². The molecule has 5 nitrogen and oxygen atoms in total. The first-order valence-corrected chi connectivity index (χ1v) is 26.6. The maximum Gasteiger partial charge on any atom is 0.253 e. The number of aryl methyl sites for hydroxylation is 2. The molecular weight excluding hydrogens is 1160 g/mol. The Labute approximate surface area is 516 Å². The Morgan fingerprint density at radius 2 is 1.18 bits per heavy atom. The summed E-state index contributed by atoms with van der Waals surface area (Å²) in [6.07, 6.45) is 2.67. The van der Waals surface area contributed by atoms with Gasteiger partial charge in [-0.15, -0.1) is 29.7 Å². The second kappa shape index (κ2) is 19.7. The SMILES string of the molecule is [2H]c1c([2H])c([2H])c([Si](c2c([2H])c([2H])c([2H])c([2H])c2[2H])(c2c([2H])c([2H])c([2H])c([2H])c2[2H])c2c([2H])c([2H])c3c(c2[2H])-c2cccc(C(C)(C)C)c2-[n+]2cn(-c4[c-]c(Oc5[c-]c6c(cc5)c5ccccc5n6-c5cc(C([2H])([2H])[2H])c(C([2H])([2H])[2H])cn5)ccc4)c4cccc(c42)-c2c([2H])c([2H])c([2H])c([2H])c2-3)c([2H])c1[2H].[Pt]. The third-order valence-corrected chi connectivity index (χ3v) is 18.0. The maximum atomic E-state index is 11.2. The summed E-state index contributed by atoms with van der Waals surface area (Å²) in [5.74, 6) is 0.334. The van der Waals surface area contributed by atoms with Crippen LogP contribution in [0.5, 0.6) is 11.5 Å². The van der Waals surface area contributed by atoms with Gasteiger partial charge in [0.2, 0.25) is 0 Å². The molecule has 10 aromatic carbocycles. The summed E-state index contributed by atoms with van der Waals surface area (Å²) in [5, 5.41) is -2.68. The van der Waals surface area contributed by atoms with Gasteiger partial charge in [0, 0.05) is 74.9 Å². The van der Waals surface area contributed by atoms with Crippen LogP contribution in [0.1, 0.15) is 75.8 Å². The van der Waals surface area contributed by atoms with E-state index in [-0.39, 0.29) is 72.0 Å². The van der Waals surface area contributed by atoms with E-state index in [0.29, 0.717) is 27.5 Å². The van der Waals surface area contributed by atoms with Crippen LogP contribution in [0.3, 0.4) is 0 Å². The standard InChI is InChI=1S/C72H55N4OSi.Pt/c1-48-42-69(73-46-49(48)2)76-66-36-18-17-32-60(66)61-40-38-52(44-68(61)76)77-51-23-19-22-50(43-51)74-47-75-70-63(33-20-35-65(70)72(3,4)5)64-45-56(39-41-59(64)57-30-15-16-31-58(57)62-34-21-37-67(74)71(62)75)78(53-24-9-6-10-25-53,54-26-11-7-12-27-54)55-28-13-8-14-29-55;/h6-42,45-47H,1-5H3;/q-1;/i1D3,2D3,6D,7D,8D,9D,10D,11D,12D,13D,14D,15D,16D,24D,25D,26D,27D,28D,29D,30D,31D,39D,41D,45D;. The summed E-state index contributed by atoms with van der Waals surface area (Å²) in [7, 11) is -6.41. The fourth-order valence-corrected chi connectivity index (χ4v) is 14.2. The zero-order valence-corrected chi connectivity index (χ0v) is 45.2. The Morgan fingerprint density at radius 3 is 1.89 bits per heavy atom. The second-order valence-corrected chi connectivity index (χ2v) is 23.0. The molecule has 0 spiro atoms. The number of fused-ring (bicyclic) bond motifs is 10. The van der Waals surface area contributed by atoms with Crippen molar-refractivity contribution in [2.75, 3.05) is 0 Å². The van der Waals surface area contributed by atoms with E-state index in [4.69, 9.17) is 17.1 Å². The van der Waals surface area contributed by atoms with Crippen molar-refractivity contribution in [3.8, 4) is 62.1 Å². The van der Waals surface area contributed by atoms with Gasteiger partial charge < -0.3 is 9.30 Å². The first-order chi connectivity index (χ1) is 49.7. The van der Waals surface area contributed by atoms with Crippen LogP contribution in [0.4, 0.5) is 0 Å².